The van der Waals surface area contributed by atoms with Crippen molar-refractivity contribution in [2.24, 2.45) is 0 Å². The lowest BCUT2D eigenvalue weighted by molar-refractivity contribution is 0.130. The molecule has 116 valence electrons. The van der Waals surface area contributed by atoms with Crippen LogP contribution in [-0.2, 0) is 14.9 Å². The zero-order valence-corrected chi connectivity index (χ0v) is 13.1. The molecule has 0 fully saturated rings. The average molecular weight is 294 g/mol. The molecule has 0 aromatic carbocycles. The minimum absolute atomic E-state index is 0.204. The largest absolute Gasteiger partial charge is 0.381 e. The molecule has 19 heavy (non-hydrogen) atoms. The predicted molar refractivity (Wildman–Crippen MR) is 79.1 cm³/mol. The third kappa shape index (κ3) is 17.9. The molecule has 0 aromatic rings. The van der Waals surface area contributed by atoms with Crippen molar-refractivity contribution in [2.75, 3.05) is 19.0 Å². The van der Waals surface area contributed by atoms with Crippen molar-refractivity contribution < 1.29 is 17.7 Å². The summed E-state index contributed by atoms with van der Waals surface area (Å²) in [6, 6.07) is 0. The van der Waals surface area contributed by atoms with Crippen LogP contribution in [0.1, 0.15) is 71.1 Å². The summed E-state index contributed by atoms with van der Waals surface area (Å²) in [5.74, 6) is -0.204. The third-order valence-electron chi connectivity index (χ3n) is 3.08. The first-order valence-electron chi connectivity index (χ1n) is 7.59. The standard InChI is InChI=1S/C14H30O4S/c1-2-3-4-5-6-7-8-9-10-12-18-13-11-14-19(15,16)17/h2-14H2,1H3,(H,15,16,17). The van der Waals surface area contributed by atoms with E-state index >= 15 is 0 Å². The summed E-state index contributed by atoms with van der Waals surface area (Å²) in [5.41, 5.74) is 0. The van der Waals surface area contributed by atoms with E-state index in [1.165, 1.54) is 51.4 Å². The molecular formula is C14H30O4S. The van der Waals surface area contributed by atoms with Crippen LogP contribution in [0.4, 0.5) is 0 Å². The van der Waals surface area contributed by atoms with Crippen LogP contribution in [0.5, 0.6) is 0 Å². The Balaban J connectivity index is 3.03. The molecule has 0 saturated heterocycles. The van der Waals surface area contributed by atoms with E-state index in [1.54, 1.807) is 0 Å². The Bertz CT molecular complexity index is 275. The van der Waals surface area contributed by atoms with E-state index in [0.717, 1.165) is 6.42 Å². The lowest BCUT2D eigenvalue weighted by atomic mass is 10.1. The van der Waals surface area contributed by atoms with Gasteiger partial charge in [-0.2, -0.15) is 8.42 Å². The first-order chi connectivity index (χ1) is 9.06. The Morgan fingerprint density at radius 1 is 0.789 bits per heavy atom. The van der Waals surface area contributed by atoms with E-state index in [2.05, 4.69) is 6.92 Å². The molecule has 0 aliphatic heterocycles. The smallest absolute Gasteiger partial charge is 0.264 e. The molecule has 0 saturated carbocycles. The zero-order valence-electron chi connectivity index (χ0n) is 12.3. The van der Waals surface area contributed by atoms with E-state index < -0.39 is 10.1 Å². The number of hydrogen-bond acceptors (Lipinski definition) is 3. The fourth-order valence-corrected chi connectivity index (χ4v) is 2.44. The number of ether oxygens (including phenoxy) is 1. The molecule has 0 heterocycles. The van der Waals surface area contributed by atoms with Gasteiger partial charge in [-0.3, -0.25) is 4.55 Å². The fourth-order valence-electron chi connectivity index (χ4n) is 1.96. The van der Waals surface area contributed by atoms with Crippen LogP contribution in [-0.4, -0.2) is 31.9 Å². The molecule has 0 aliphatic rings. The lowest BCUT2D eigenvalue weighted by Crippen LogP contribution is -2.07. The topological polar surface area (TPSA) is 63.6 Å². The molecule has 0 rings (SSSR count). The highest BCUT2D eigenvalue weighted by Crippen LogP contribution is 2.09. The van der Waals surface area contributed by atoms with Gasteiger partial charge in [-0.05, 0) is 12.8 Å². The molecular weight excluding hydrogens is 264 g/mol. The summed E-state index contributed by atoms with van der Waals surface area (Å²) in [7, 11) is -3.82. The summed E-state index contributed by atoms with van der Waals surface area (Å²) in [6.07, 6.45) is 11.9. The first kappa shape index (κ1) is 18.9. The summed E-state index contributed by atoms with van der Waals surface area (Å²) in [4.78, 5) is 0. The molecule has 0 aliphatic carbocycles. The van der Waals surface area contributed by atoms with Crippen molar-refractivity contribution in [3.63, 3.8) is 0 Å². The van der Waals surface area contributed by atoms with E-state index in [9.17, 15) is 8.42 Å². The van der Waals surface area contributed by atoms with Crippen molar-refractivity contribution in [2.45, 2.75) is 71.1 Å². The van der Waals surface area contributed by atoms with Gasteiger partial charge in [0.1, 0.15) is 0 Å². The molecule has 4 nitrogen and oxygen atoms in total. The Morgan fingerprint density at radius 3 is 1.79 bits per heavy atom. The highest BCUT2D eigenvalue weighted by molar-refractivity contribution is 7.85. The van der Waals surface area contributed by atoms with Gasteiger partial charge < -0.3 is 4.74 Å². The Morgan fingerprint density at radius 2 is 1.26 bits per heavy atom. The van der Waals surface area contributed by atoms with Gasteiger partial charge in [0, 0.05) is 13.2 Å². The van der Waals surface area contributed by atoms with Crippen LogP contribution >= 0.6 is 0 Å². The minimum atomic E-state index is -3.82. The summed E-state index contributed by atoms with van der Waals surface area (Å²) in [5, 5.41) is 0. The molecule has 0 amide bonds. The lowest BCUT2D eigenvalue weighted by Gasteiger charge is -2.04. The van der Waals surface area contributed by atoms with Gasteiger partial charge in [0.15, 0.2) is 0 Å². The molecule has 5 heteroatoms. The van der Waals surface area contributed by atoms with E-state index in [4.69, 9.17) is 9.29 Å². The Kier molecular flexibility index (Phi) is 12.8. The molecule has 0 bridgehead atoms. The molecule has 0 radical (unpaired) electrons. The van der Waals surface area contributed by atoms with Crippen LogP contribution < -0.4 is 0 Å². The molecule has 0 atom stereocenters. The Hall–Kier alpha value is -0.130. The maximum Gasteiger partial charge on any atom is 0.264 e. The summed E-state index contributed by atoms with van der Waals surface area (Å²) < 4.78 is 34.7. The Labute approximate surface area is 118 Å². The van der Waals surface area contributed by atoms with Crippen molar-refractivity contribution in [3.05, 3.63) is 0 Å². The van der Waals surface area contributed by atoms with Crippen molar-refractivity contribution in [1.82, 2.24) is 0 Å². The van der Waals surface area contributed by atoms with Crippen molar-refractivity contribution >= 4 is 10.1 Å². The SMILES string of the molecule is CCCCCCCCCCCOCCCS(=O)(=O)O. The minimum Gasteiger partial charge on any atom is -0.381 e. The second-order valence-corrected chi connectivity index (χ2v) is 6.65. The van der Waals surface area contributed by atoms with Crippen molar-refractivity contribution in [3.8, 4) is 0 Å². The molecule has 0 unspecified atom stereocenters. The molecule has 1 N–H and O–H groups in total. The highest BCUT2D eigenvalue weighted by Gasteiger charge is 2.02. The van der Waals surface area contributed by atoms with Crippen LogP contribution in [0.2, 0.25) is 0 Å². The number of hydrogen-bond donors (Lipinski definition) is 1. The maximum absolute atomic E-state index is 10.4. The van der Waals surface area contributed by atoms with Crippen LogP contribution in [0.3, 0.4) is 0 Å². The van der Waals surface area contributed by atoms with E-state index in [0.29, 0.717) is 19.6 Å². The highest BCUT2D eigenvalue weighted by atomic mass is 32.2. The van der Waals surface area contributed by atoms with Crippen LogP contribution in [0, 0.1) is 0 Å². The average Bonchev–Trinajstić information content (AvgIpc) is 2.34. The van der Waals surface area contributed by atoms with Crippen LogP contribution in [0.15, 0.2) is 0 Å². The monoisotopic (exact) mass is 294 g/mol. The van der Waals surface area contributed by atoms with Gasteiger partial charge in [0.2, 0.25) is 0 Å². The predicted octanol–water partition coefficient (Wildman–Crippen LogP) is 3.81. The van der Waals surface area contributed by atoms with Gasteiger partial charge in [-0.15, -0.1) is 0 Å². The van der Waals surface area contributed by atoms with E-state index in [-0.39, 0.29) is 5.75 Å². The summed E-state index contributed by atoms with van der Waals surface area (Å²) >= 11 is 0. The van der Waals surface area contributed by atoms with Gasteiger partial charge in [0.25, 0.3) is 10.1 Å². The van der Waals surface area contributed by atoms with Gasteiger partial charge in [-0.25, -0.2) is 0 Å². The maximum atomic E-state index is 10.4. The first-order valence-corrected chi connectivity index (χ1v) is 9.20. The van der Waals surface area contributed by atoms with E-state index in [1.807, 2.05) is 0 Å². The van der Waals surface area contributed by atoms with Crippen LogP contribution in [0.25, 0.3) is 0 Å². The van der Waals surface area contributed by atoms with Gasteiger partial charge in [0.05, 0.1) is 5.75 Å². The van der Waals surface area contributed by atoms with Crippen molar-refractivity contribution in [1.29, 1.82) is 0 Å². The second kappa shape index (κ2) is 12.9. The third-order valence-corrected chi connectivity index (χ3v) is 3.89. The number of rotatable bonds is 14. The normalized spacial score (nSPS) is 11.9. The second-order valence-electron chi connectivity index (χ2n) is 5.08. The van der Waals surface area contributed by atoms with Gasteiger partial charge >= 0.3 is 0 Å². The molecule has 0 aromatic heterocycles. The quantitative estimate of drug-likeness (QED) is 0.391. The summed E-state index contributed by atoms with van der Waals surface area (Å²) in [6.45, 7) is 3.34. The zero-order chi connectivity index (χ0) is 14.4. The molecule has 0 spiro atoms. The fraction of sp³-hybridized carbons (Fsp3) is 1.00. The number of unbranched alkanes of at least 4 members (excludes halogenated alkanes) is 8. The van der Waals surface area contributed by atoms with Gasteiger partial charge in [-0.1, -0.05) is 58.3 Å².